The molecule has 3 aromatic rings. The molecule has 2 aliphatic heterocycles. The van der Waals surface area contributed by atoms with Gasteiger partial charge in [-0.15, -0.1) is 0 Å². The van der Waals surface area contributed by atoms with Crippen LogP contribution in [0.3, 0.4) is 0 Å². The summed E-state index contributed by atoms with van der Waals surface area (Å²) in [6, 6.07) is 3.98. The summed E-state index contributed by atoms with van der Waals surface area (Å²) in [4.78, 5) is 13.3. The number of phenols is 2. The standard InChI is InChI=1S/C22H20O9/c1-21(2,27)8-11(24)9-3-4-10(23)14-17(25)15-12(30-19(9)14)7-13-16(18(15)26)22(28)5-6-29-20(22)31-13/h3-7,11,20,23-24,26-28H,8H2,1-2H3/t11-,20-,22-/m1/s1. The first-order valence-electron chi connectivity index (χ1n) is 9.63. The molecule has 0 radical (unpaired) electrons. The van der Waals surface area contributed by atoms with Crippen molar-refractivity contribution in [2.24, 2.45) is 0 Å². The molecule has 5 rings (SSSR count). The van der Waals surface area contributed by atoms with E-state index in [-0.39, 0.29) is 45.2 Å². The molecule has 0 spiro atoms. The fourth-order valence-corrected chi connectivity index (χ4v) is 4.23. The van der Waals surface area contributed by atoms with Crippen LogP contribution in [0.1, 0.15) is 37.5 Å². The highest BCUT2D eigenvalue weighted by molar-refractivity contribution is 5.98. The van der Waals surface area contributed by atoms with Crippen molar-refractivity contribution >= 4 is 21.9 Å². The van der Waals surface area contributed by atoms with Gasteiger partial charge in [-0.3, -0.25) is 4.79 Å². The summed E-state index contributed by atoms with van der Waals surface area (Å²) in [7, 11) is 0. The smallest absolute Gasteiger partial charge is 0.277 e. The second-order valence-electron chi connectivity index (χ2n) is 8.53. The van der Waals surface area contributed by atoms with Crippen LogP contribution < -0.4 is 10.2 Å². The Balaban J connectivity index is 1.82. The minimum atomic E-state index is -1.78. The molecule has 0 bridgehead atoms. The van der Waals surface area contributed by atoms with Crippen molar-refractivity contribution in [1.29, 1.82) is 0 Å². The van der Waals surface area contributed by atoms with Crippen LogP contribution in [-0.4, -0.2) is 37.4 Å². The van der Waals surface area contributed by atoms with E-state index in [9.17, 15) is 30.3 Å². The van der Waals surface area contributed by atoms with Gasteiger partial charge in [0.2, 0.25) is 5.43 Å². The zero-order chi connectivity index (χ0) is 22.3. The van der Waals surface area contributed by atoms with Gasteiger partial charge in [0.25, 0.3) is 6.29 Å². The predicted molar refractivity (Wildman–Crippen MR) is 108 cm³/mol. The number of aliphatic hydroxyl groups excluding tert-OH is 1. The number of aromatic hydroxyl groups is 2. The van der Waals surface area contributed by atoms with Crippen molar-refractivity contribution in [3.63, 3.8) is 0 Å². The molecular formula is C22H20O9. The molecule has 9 heteroatoms. The van der Waals surface area contributed by atoms with Crippen molar-refractivity contribution in [2.45, 2.75) is 43.9 Å². The molecule has 0 aliphatic carbocycles. The molecule has 3 atom stereocenters. The van der Waals surface area contributed by atoms with Gasteiger partial charge >= 0.3 is 0 Å². The van der Waals surface area contributed by atoms with Crippen LogP contribution in [0.2, 0.25) is 0 Å². The molecule has 2 aromatic carbocycles. The molecule has 162 valence electrons. The second-order valence-corrected chi connectivity index (χ2v) is 8.53. The van der Waals surface area contributed by atoms with E-state index in [2.05, 4.69) is 0 Å². The average Bonchev–Trinajstić information content (AvgIpc) is 3.13. The predicted octanol–water partition coefficient (Wildman–Crippen LogP) is 2.00. The molecule has 3 heterocycles. The van der Waals surface area contributed by atoms with Gasteiger partial charge in [-0.25, -0.2) is 0 Å². The number of phenolic OH excluding ortho intramolecular Hbond substituents is 2. The van der Waals surface area contributed by atoms with Gasteiger partial charge < -0.3 is 39.4 Å². The highest BCUT2D eigenvalue weighted by atomic mass is 16.7. The first kappa shape index (κ1) is 19.7. The average molecular weight is 428 g/mol. The summed E-state index contributed by atoms with van der Waals surface area (Å²) in [6.45, 7) is 3.06. The Bertz CT molecular complexity index is 1330. The monoisotopic (exact) mass is 428 g/mol. The third-order valence-electron chi connectivity index (χ3n) is 5.63. The van der Waals surface area contributed by atoms with Gasteiger partial charge in [0, 0.05) is 18.1 Å². The Morgan fingerprint density at radius 2 is 1.97 bits per heavy atom. The molecule has 2 aliphatic rings. The van der Waals surface area contributed by atoms with Crippen LogP contribution in [-0.2, 0) is 10.3 Å². The minimum Gasteiger partial charge on any atom is -0.507 e. The molecule has 0 fully saturated rings. The highest BCUT2D eigenvalue weighted by Gasteiger charge is 2.53. The summed E-state index contributed by atoms with van der Waals surface area (Å²) in [5, 5.41) is 52.3. The largest absolute Gasteiger partial charge is 0.507 e. The lowest BCUT2D eigenvalue weighted by Crippen LogP contribution is -2.33. The number of benzene rings is 2. The van der Waals surface area contributed by atoms with E-state index in [0.717, 1.165) is 0 Å². The van der Waals surface area contributed by atoms with Gasteiger partial charge in [0.15, 0.2) is 5.60 Å². The quantitative estimate of drug-likeness (QED) is 0.395. The summed E-state index contributed by atoms with van der Waals surface area (Å²) in [5.74, 6) is -0.880. The first-order valence-corrected chi connectivity index (χ1v) is 9.63. The van der Waals surface area contributed by atoms with Gasteiger partial charge in [-0.05, 0) is 32.1 Å². The summed E-state index contributed by atoms with van der Waals surface area (Å²) >= 11 is 0. The van der Waals surface area contributed by atoms with Crippen molar-refractivity contribution < 1.29 is 39.4 Å². The molecule has 5 N–H and O–H groups in total. The highest BCUT2D eigenvalue weighted by Crippen LogP contribution is 2.52. The van der Waals surface area contributed by atoms with Crippen LogP contribution in [0, 0.1) is 0 Å². The number of rotatable bonds is 3. The van der Waals surface area contributed by atoms with E-state index < -0.39 is 40.5 Å². The van der Waals surface area contributed by atoms with Gasteiger partial charge in [-0.1, -0.05) is 0 Å². The van der Waals surface area contributed by atoms with E-state index >= 15 is 0 Å². The van der Waals surface area contributed by atoms with Crippen molar-refractivity contribution in [3.8, 4) is 17.2 Å². The Kier molecular flexibility index (Phi) is 3.89. The van der Waals surface area contributed by atoms with Crippen molar-refractivity contribution in [1.82, 2.24) is 0 Å². The molecule has 0 amide bonds. The van der Waals surface area contributed by atoms with E-state index in [1.165, 1.54) is 44.4 Å². The van der Waals surface area contributed by atoms with Gasteiger partial charge in [0.1, 0.15) is 39.2 Å². The van der Waals surface area contributed by atoms with Crippen LogP contribution in [0.5, 0.6) is 17.2 Å². The summed E-state index contributed by atoms with van der Waals surface area (Å²) in [5.41, 5.74) is -3.72. The number of fused-ring (bicyclic) bond motifs is 5. The Hall–Kier alpha value is -3.27. The second kappa shape index (κ2) is 6.13. The Morgan fingerprint density at radius 1 is 1.23 bits per heavy atom. The van der Waals surface area contributed by atoms with Crippen molar-refractivity contribution in [3.05, 3.63) is 51.9 Å². The molecule has 1 aromatic heterocycles. The maximum Gasteiger partial charge on any atom is 0.277 e. The molecule has 31 heavy (non-hydrogen) atoms. The number of hydrogen-bond donors (Lipinski definition) is 5. The SMILES string of the molecule is CC(C)(O)C[C@@H](O)c1ccc(O)c2c(=O)c3c(O)c4c(cc3oc12)O[C@H]1OC=C[C@@]41O. The van der Waals surface area contributed by atoms with E-state index in [1.54, 1.807) is 0 Å². The minimum absolute atomic E-state index is 0.0388. The summed E-state index contributed by atoms with van der Waals surface area (Å²) in [6.07, 6.45) is 0.183. The maximum absolute atomic E-state index is 13.3. The van der Waals surface area contributed by atoms with Crippen LogP contribution in [0.15, 0.2) is 39.7 Å². The van der Waals surface area contributed by atoms with Crippen LogP contribution in [0.4, 0.5) is 0 Å². The topological polar surface area (TPSA) is 150 Å². The lowest BCUT2D eigenvalue weighted by Gasteiger charge is -2.22. The van der Waals surface area contributed by atoms with Crippen LogP contribution in [0.25, 0.3) is 21.9 Å². The first-order chi connectivity index (χ1) is 14.5. The Labute approximate surface area is 175 Å². The Morgan fingerprint density at radius 3 is 2.68 bits per heavy atom. The van der Waals surface area contributed by atoms with Gasteiger partial charge in [-0.2, -0.15) is 0 Å². The normalized spacial score (nSPS) is 22.9. The molecule has 0 saturated carbocycles. The molecule has 0 unspecified atom stereocenters. The lowest BCUT2D eigenvalue weighted by molar-refractivity contribution is -0.110. The third kappa shape index (κ3) is 2.71. The van der Waals surface area contributed by atoms with E-state index in [1.807, 2.05) is 0 Å². The summed E-state index contributed by atoms with van der Waals surface area (Å²) < 4.78 is 16.6. The third-order valence-corrected chi connectivity index (χ3v) is 5.63. The number of aliphatic hydroxyl groups is 3. The fourth-order valence-electron chi connectivity index (χ4n) is 4.23. The van der Waals surface area contributed by atoms with Gasteiger partial charge in [0.05, 0.1) is 23.5 Å². The zero-order valence-corrected chi connectivity index (χ0v) is 16.6. The van der Waals surface area contributed by atoms with E-state index in [0.29, 0.717) is 0 Å². The number of hydrogen-bond acceptors (Lipinski definition) is 9. The fraction of sp³-hybridized carbons (Fsp3) is 0.318. The number of ether oxygens (including phenoxy) is 2. The zero-order valence-electron chi connectivity index (χ0n) is 16.6. The van der Waals surface area contributed by atoms with E-state index in [4.69, 9.17) is 13.9 Å². The molecule has 0 saturated heterocycles. The lowest BCUT2D eigenvalue weighted by atomic mass is 9.92. The molecular weight excluding hydrogens is 408 g/mol. The maximum atomic E-state index is 13.3. The van der Waals surface area contributed by atoms with Crippen molar-refractivity contribution in [2.75, 3.05) is 0 Å². The molecule has 9 nitrogen and oxygen atoms in total. The van der Waals surface area contributed by atoms with Crippen LogP contribution >= 0.6 is 0 Å².